The van der Waals surface area contributed by atoms with E-state index in [9.17, 15) is 0 Å². The van der Waals surface area contributed by atoms with Crippen molar-refractivity contribution >= 4 is 0 Å². The van der Waals surface area contributed by atoms with Gasteiger partial charge in [-0.05, 0) is 42.3 Å². The van der Waals surface area contributed by atoms with Gasteiger partial charge in [-0.3, -0.25) is 0 Å². The van der Waals surface area contributed by atoms with Crippen molar-refractivity contribution in [2.75, 3.05) is 6.54 Å². The third kappa shape index (κ3) is 4.05. The molecule has 15 heavy (non-hydrogen) atoms. The number of hydrogen-bond donors (Lipinski definition) is 1. The van der Waals surface area contributed by atoms with Crippen LogP contribution in [0.4, 0.5) is 0 Å². The molecule has 84 valence electrons. The maximum absolute atomic E-state index is 5.55. The van der Waals surface area contributed by atoms with Crippen molar-refractivity contribution in [2.24, 2.45) is 11.7 Å². The predicted octanol–water partition coefficient (Wildman–Crippen LogP) is 3.34. The second-order valence-corrected chi connectivity index (χ2v) is 4.78. The highest BCUT2D eigenvalue weighted by atomic mass is 14.5. The van der Waals surface area contributed by atoms with E-state index < -0.39 is 0 Å². The third-order valence-corrected chi connectivity index (χ3v) is 2.89. The quantitative estimate of drug-likeness (QED) is 0.784. The van der Waals surface area contributed by atoms with Gasteiger partial charge in [-0.25, -0.2) is 0 Å². The lowest BCUT2D eigenvalue weighted by molar-refractivity contribution is 0.538. The molecule has 0 heterocycles. The van der Waals surface area contributed by atoms with Gasteiger partial charge in [-0.15, -0.1) is 0 Å². The molecule has 1 rings (SSSR count). The van der Waals surface area contributed by atoms with E-state index in [1.54, 1.807) is 0 Å². The third-order valence-electron chi connectivity index (χ3n) is 2.89. The Bertz CT molecular complexity index is 274. The van der Waals surface area contributed by atoms with Crippen LogP contribution in [0.25, 0.3) is 0 Å². The van der Waals surface area contributed by atoms with Crippen molar-refractivity contribution < 1.29 is 0 Å². The molecular formula is C14H23N. The van der Waals surface area contributed by atoms with Gasteiger partial charge in [-0.2, -0.15) is 0 Å². The zero-order valence-corrected chi connectivity index (χ0v) is 10.2. The van der Waals surface area contributed by atoms with Crippen molar-refractivity contribution in [3.8, 4) is 0 Å². The molecular weight excluding hydrogens is 182 g/mol. The summed E-state index contributed by atoms with van der Waals surface area (Å²) in [6.07, 6.45) is 2.27. The Morgan fingerprint density at radius 2 is 1.67 bits per heavy atom. The van der Waals surface area contributed by atoms with Crippen molar-refractivity contribution in [1.29, 1.82) is 0 Å². The van der Waals surface area contributed by atoms with Gasteiger partial charge in [0.25, 0.3) is 0 Å². The highest BCUT2D eigenvalue weighted by Crippen LogP contribution is 2.17. The van der Waals surface area contributed by atoms with Gasteiger partial charge in [0.05, 0.1) is 0 Å². The van der Waals surface area contributed by atoms with E-state index in [2.05, 4.69) is 45.0 Å². The van der Waals surface area contributed by atoms with Crippen LogP contribution in [0, 0.1) is 5.92 Å². The summed E-state index contributed by atoms with van der Waals surface area (Å²) < 4.78 is 0. The summed E-state index contributed by atoms with van der Waals surface area (Å²) in [5, 5.41) is 0. The van der Waals surface area contributed by atoms with E-state index in [-0.39, 0.29) is 0 Å². The lowest BCUT2D eigenvalue weighted by atomic mass is 9.95. The molecule has 1 heteroatoms. The first kappa shape index (κ1) is 12.3. The second kappa shape index (κ2) is 5.92. The van der Waals surface area contributed by atoms with E-state index >= 15 is 0 Å². The van der Waals surface area contributed by atoms with Crippen molar-refractivity contribution in [3.63, 3.8) is 0 Å². The van der Waals surface area contributed by atoms with Crippen molar-refractivity contribution in [1.82, 2.24) is 0 Å². The van der Waals surface area contributed by atoms with E-state index in [0.29, 0.717) is 11.8 Å². The number of hydrogen-bond acceptors (Lipinski definition) is 1. The standard InChI is InChI=1S/C14H23N/c1-11(2)14-6-4-13(5-7-14)10-12(3)8-9-15/h4-7,11-12H,8-10,15H2,1-3H3. The molecule has 0 aliphatic heterocycles. The number of nitrogens with two attached hydrogens (primary N) is 1. The minimum atomic E-state index is 0.625. The Labute approximate surface area is 93.7 Å². The fourth-order valence-electron chi connectivity index (χ4n) is 1.83. The molecule has 0 aliphatic rings. The van der Waals surface area contributed by atoms with E-state index in [1.165, 1.54) is 11.1 Å². The molecule has 0 bridgehead atoms. The molecule has 0 saturated heterocycles. The van der Waals surface area contributed by atoms with Gasteiger partial charge >= 0.3 is 0 Å². The first-order valence-corrected chi connectivity index (χ1v) is 5.92. The minimum Gasteiger partial charge on any atom is -0.330 e. The Kier molecular flexibility index (Phi) is 4.83. The van der Waals surface area contributed by atoms with Crippen LogP contribution in [-0.4, -0.2) is 6.54 Å². The highest BCUT2D eigenvalue weighted by molar-refractivity contribution is 5.24. The molecule has 1 nitrogen and oxygen atoms in total. The summed E-state index contributed by atoms with van der Waals surface area (Å²) in [6.45, 7) is 7.52. The van der Waals surface area contributed by atoms with Crippen molar-refractivity contribution in [3.05, 3.63) is 35.4 Å². The fraction of sp³-hybridized carbons (Fsp3) is 0.571. The molecule has 0 spiro atoms. The Morgan fingerprint density at radius 1 is 1.07 bits per heavy atom. The van der Waals surface area contributed by atoms with Crippen LogP contribution in [0.5, 0.6) is 0 Å². The molecule has 0 aliphatic carbocycles. The molecule has 0 saturated carbocycles. The molecule has 0 aromatic heterocycles. The van der Waals surface area contributed by atoms with Gasteiger partial charge in [0, 0.05) is 0 Å². The molecule has 1 atom stereocenters. The smallest absolute Gasteiger partial charge is 0.00746 e. The Balaban J connectivity index is 2.56. The zero-order valence-electron chi connectivity index (χ0n) is 10.2. The van der Waals surface area contributed by atoms with Crippen LogP contribution in [0.15, 0.2) is 24.3 Å². The maximum Gasteiger partial charge on any atom is -0.00746 e. The summed E-state index contributed by atoms with van der Waals surface area (Å²) in [5.74, 6) is 1.32. The van der Waals surface area contributed by atoms with Crippen LogP contribution in [0.3, 0.4) is 0 Å². The summed E-state index contributed by atoms with van der Waals surface area (Å²) in [5.41, 5.74) is 8.40. The number of rotatable bonds is 5. The first-order chi connectivity index (χ1) is 7.13. The normalized spacial score (nSPS) is 13.1. The average Bonchev–Trinajstić information content (AvgIpc) is 2.18. The summed E-state index contributed by atoms with van der Waals surface area (Å²) in [7, 11) is 0. The first-order valence-electron chi connectivity index (χ1n) is 5.92. The van der Waals surface area contributed by atoms with Crippen LogP contribution in [0.1, 0.15) is 44.2 Å². The topological polar surface area (TPSA) is 26.0 Å². The van der Waals surface area contributed by atoms with Crippen LogP contribution in [0.2, 0.25) is 0 Å². The molecule has 0 radical (unpaired) electrons. The lowest BCUT2D eigenvalue weighted by Crippen LogP contribution is -2.08. The molecule has 0 fully saturated rings. The molecule has 1 aromatic rings. The largest absolute Gasteiger partial charge is 0.330 e. The number of benzene rings is 1. The molecule has 1 aromatic carbocycles. The van der Waals surface area contributed by atoms with E-state index in [1.807, 2.05) is 0 Å². The zero-order chi connectivity index (χ0) is 11.3. The van der Waals surface area contributed by atoms with Gasteiger partial charge in [-0.1, -0.05) is 45.0 Å². The lowest BCUT2D eigenvalue weighted by Gasteiger charge is -2.11. The van der Waals surface area contributed by atoms with E-state index in [4.69, 9.17) is 5.73 Å². The van der Waals surface area contributed by atoms with Crippen LogP contribution in [-0.2, 0) is 6.42 Å². The minimum absolute atomic E-state index is 0.625. The van der Waals surface area contributed by atoms with Crippen LogP contribution < -0.4 is 5.73 Å². The summed E-state index contributed by atoms with van der Waals surface area (Å²) in [6, 6.07) is 9.00. The van der Waals surface area contributed by atoms with Gasteiger partial charge in [0.1, 0.15) is 0 Å². The highest BCUT2D eigenvalue weighted by Gasteiger charge is 2.03. The van der Waals surface area contributed by atoms with E-state index in [0.717, 1.165) is 19.4 Å². The average molecular weight is 205 g/mol. The maximum atomic E-state index is 5.55. The summed E-state index contributed by atoms with van der Waals surface area (Å²) in [4.78, 5) is 0. The van der Waals surface area contributed by atoms with Gasteiger partial charge < -0.3 is 5.73 Å². The Morgan fingerprint density at radius 3 is 2.13 bits per heavy atom. The van der Waals surface area contributed by atoms with Crippen molar-refractivity contribution in [2.45, 2.75) is 39.5 Å². The monoisotopic (exact) mass is 205 g/mol. The Hall–Kier alpha value is -0.820. The van der Waals surface area contributed by atoms with Crippen LogP contribution >= 0.6 is 0 Å². The second-order valence-electron chi connectivity index (χ2n) is 4.78. The fourth-order valence-corrected chi connectivity index (χ4v) is 1.83. The SMILES string of the molecule is CC(CCN)Cc1ccc(C(C)C)cc1. The molecule has 1 unspecified atom stereocenters. The van der Waals surface area contributed by atoms with Gasteiger partial charge in [0.15, 0.2) is 0 Å². The molecule has 2 N–H and O–H groups in total. The molecule has 0 amide bonds. The predicted molar refractivity (Wildman–Crippen MR) is 67.1 cm³/mol. The van der Waals surface area contributed by atoms with Gasteiger partial charge in [0.2, 0.25) is 0 Å². The summed E-state index contributed by atoms with van der Waals surface area (Å²) >= 11 is 0.